The van der Waals surface area contributed by atoms with Gasteiger partial charge in [0.25, 0.3) is 5.91 Å². The molecular weight excluding hydrogens is 440 g/mol. The lowest BCUT2D eigenvalue weighted by Gasteiger charge is -2.33. The summed E-state index contributed by atoms with van der Waals surface area (Å²) in [5.74, 6) is -0.0924. The Bertz CT molecular complexity index is 953. The van der Waals surface area contributed by atoms with E-state index in [9.17, 15) is 18.0 Å². The Labute approximate surface area is 197 Å². The van der Waals surface area contributed by atoms with Crippen molar-refractivity contribution >= 4 is 27.5 Å². The van der Waals surface area contributed by atoms with Crippen molar-refractivity contribution in [2.75, 3.05) is 50.7 Å². The quantitative estimate of drug-likeness (QED) is 0.583. The first kappa shape index (κ1) is 24.0. The molecule has 1 N–H and O–H groups in total. The molecule has 0 bridgehead atoms. The number of hydrogen-bond donors (Lipinski definition) is 1. The molecule has 3 saturated heterocycles. The van der Waals surface area contributed by atoms with Crippen molar-refractivity contribution in [3.63, 3.8) is 0 Å². The van der Waals surface area contributed by atoms with Crippen LogP contribution in [-0.4, -0.2) is 75.3 Å². The van der Waals surface area contributed by atoms with Crippen LogP contribution in [0.5, 0.6) is 0 Å². The smallest absolute Gasteiger partial charge is 0.251 e. The fourth-order valence-electron chi connectivity index (χ4n) is 5.02. The first-order valence-electron chi connectivity index (χ1n) is 12.4. The largest absolute Gasteiger partial charge is 0.370 e. The Balaban J connectivity index is 1.49. The number of hydrogen-bond acceptors (Lipinski definition) is 5. The van der Waals surface area contributed by atoms with Crippen molar-refractivity contribution in [1.29, 1.82) is 0 Å². The summed E-state index contributed by atoms with van der Waals surface area (Å²) < 4.78 is 28.8. The number of anilines is 1. The van der Waals surface area contributed by atoms with Crippen molar-refractivity contribution in [1.82, 2.24) is 14.5 Å². The number of amides is 2. The number of nitrogens with one attached hydrogen (secondary N) is 1. The van der Waals surface area contributed by atoms with Crippen LogP contribution in [0.3, 0.4) is 0 Å². The third-order valence-corrected chi connectivity index (χ3v) is 8.84. The van der Waals surface area contributed by atoms with Crippen LogP contribution >= 0.6 is 0 Å². The summed E-state index contributed by atoms with van der Waals surface area (Å²) in [6.07, 6.45) is 8.26. The van der Waals surface area contributed by atoms with Crippen molar-refractivity contribution in [3.8, 4) is 0 Å². The number of rotatable bonds is 8. The Hall–Kier alpha value is -2.13. The minimum absolute atomic E-state index is 0.183. The molecule has 3 aliphatic rings. The van der Waals surface area contributed by atoms with Crippen molar-refractivity contribution < 1.29 is 18.0 Å². The Morgan fingerprint density at radius 3 is 2.27 bits per heavy atom. The average molecular weight is 477 g/mol. The summed E-state index contributed by atoms with van der Waals surface area (Å²) in [5.41, 5.74) is 1.08. The molecule has 0 spiro atoms. The van der Waals surface area contributed by atoms with E-state index in [4.69, 9.17) is 0 Å². The van der Waals surface area contributed by atoms with E-state index < -0.39 is 10.0 Å². The fourth-order valence-corrected chi connectivity index (χ4v) is 6.77. The molecule has 2 amide bonds. The zero-order chi connectivity index (χ0) is 23.3. The summed E-state index contributed by atoms with van der Waals surface area (Å²) in [4.78, 5) is 28.8. The topological polar surface area (TPSA) is 90.0 Å². The monoisotopic (exact) mass is 476 g/mol. The van der Waals surface area contributed by atoms with Crippen molar-refractivity contribution in [2.45, 2.75) is 62.7 Å². The summed E-state index contributed by atoms with van der Waals surface area (Å²) in [6.45, 7) is 4.63. The second kappa shape index (κ2) is 10.9. The highest BCUT2D eigenvalue weighted by molar-refractivity contribution is 7.89. The van der Waals surface area contributed by atoms with E-state index in [-0.39, 0.29) is 16.7 Å². The maximum atomic E-state index is 13.6. The van der Waals surface area contributed by atoms with Gasteiger partial charge in [-0.15, -0.1) is 0 Å². The van der Waals surface area contributed by atoms with Crippen LogP contribution in [-0.2, 0) is 14.8 Å². The number of sulfonamides is 1. The standard InChI is InChI=1S/C24H36N4O4S/c29-23-9-7-15-27(23)16-8-12-25-24(30)20-10-11-21(26-13-3-1-4-14-26)22(19-20)33(31,32)28-17-5-2-6-18-28/h10-11,19H,1-9,12-18H2,(H,25,30). The molecule has 0 unspecified atom stereocenters. The highest BCUT2D eigenvalue weighted by Gasteiger charge is 2.31. The van der Waals surface area contributed by atoms with Crippen LogP contribution in [0.15, 0.2) is 23.1 Å². The van der Waals surface area contributed by atoms with Gasteiger partial charge < -0.3 is 15.1 Å². The van der Waals surface area contributed by atoms with E-state index in [2.05, 4.69) is 10.2 Å². The molecule has 0 radical (unpaired) electrons. The number of benzene rings is 1. The highest BCUT2D eigenvalue weighted by Crippen LogP contribution is 2.32. The van der Waals surface area contributed by atoms with Gasteiger partial charge in [-0.2, -0.15) is 4.31 Å². The molecule has 0 saturated carbocycles. The van der Waals surface area contributed by atoms with E-state index in [1.807, 2.05) is 4.90 Å². The van der Waals surface area contributed by atoms with E-state index in [1.165, 1.54) is 0 Å². The third-order valence-electron chi connectivity index (χ3n) is 6.91. The first-order valence-corrected chi connectivity index (χ1v) is 13.9. The number of likely N-dealkylation sites (tertiary alicyclic amines) is 1. The van der Waals surface area contributed by atoms with Crippen LogP contribution in [0.1, 0.15) is 68.1 Å². The number of nitrogens with zero attached hydrogens (tertiary/aromatic N) is 3. The lowest BCUT2D eigenvalue weighted by atomic mass is 10.1. The Morgan fingerprint density at radius 2 is 1.61 bits per heavy atom. The molecule has 0 atom stereocenters. The van der Waals surface area contributed by atoms with E-state index in [1.54, 1.807) is 22.5 Å². The van der Waals surface area contributed by atoms with Crippen LogP contribution < -0.4 is 10.2 Å². The molecule has 3 aliphatic heterocycles. The van der Waals surface area contributed by atoms with Gasteiger partial charge in [-0.3, -0.25) is 9.59 Å². The molecule has 1 aromatic carbocycles. The van der Waals surface area contributed by atoms with E-state index in [0.717, 1.165) is 64.6 Å². The molecule has 182 valence electrons. The maximum Gasteiger partial charge on any atom is 0.251 e. The predicted molar refractivity (Wildman–Crippen MR) is 128 cm³/mol. The third kappa shape index (κ3) is 5.69. The second-order valence-corrected chi connectivity index (χ2v) is 11.2. The fraction of sp³-hybridized carbons (Fsp3) is 0.667. The van der Waals surface area contributed by atoms with Crippen LogP contribution in [0.25, 0.3) is 0 Å². The summed E-state index contributed by atoms with van der Waals surface area (Å²) in [5, 5.41) is 2.90. The van der Waals surface area contributed by atoms with Gasteiger partial charge in [-0.1, -0.05) is 6.42 Å². The van der Waals surface area contributed by atoms with Gasteiger partial charge in [0.15, 0.2) is 0 Å². The SMILES string of the molecule is O=C(NCCCN1CCCC1=O)c1ccc(N2CCCCC2)c(S(=O)(=O)N2CCCCC2)c1. The molecule has 33 heavy (non-hydrogen) atoms. The van der Waals surface area contributed by atoms with Gasteiger partial charge in [-0.25, -0.2) is 8.42 Å². The Kier molecular flexibility index (Phi) is 7.90. The molecule has 1 aromatic rings. The van der Waals surface area contributed by atoms with E-state index in [0.29, 0.717) is 50.3 Å². The number of carbonyl (C=O) groups excluding carboxylic acids is 2. The van der Waals surface area contributed by atoms with E-state index >= 15 is 0 Å². The lowest BCUT2D eigenvalue weighted by Crippen LogP contribution is -2.38. The molecule has 0 aliphatic carbocycles. The highest BCUT2D eigenvalue weighted by atomic mass is 32.2. The van der Waals surface area contributed by atoms with Gasteiger partial charge in [0.1, 0.15) is 4.90 Å². The molecule has 0 aromatic heterocycles. The minimum atomic E-state index is -3.67. The second-order valence-electron chi connectivity index (χ2n) is 9.29. The molecule has 3 fully saturated rings. The summed E-state index contributed by atoms with van der Waals surface area (Å²) in [7, 11) is -3.67. The van der Waals surface area contributed by atoms with Crippen molar-refractivity contribution in [2.24, 2.45) is 0 Å². The molecule has 4 rings (SSSR count). The van der Waals surface area contributed by atoms with Gasteiger partial charge in [0, 0.05) is 57.8 Å². The van der Waals surface area contributed by atoms with Gasteiger partial charge in [0.2, 0.25) is 15.9 Å². The summed E-state index contributed by atoms with van der Waals surface area (Å²) >= 11 is 0. The van der Waals surface area contributed by atoms with Gasteiger partial charge in [-0.05, 0) is 63.1 Å². The zero-order valence-corrected chi connectivity index (χ0v) is 20.2. The predicted octanol–water partition coefficient (Wildman–Crippen LogP) is 2.59. The number of piperidine rings is 2. The molecular formula is C24H36N4O4S. The van der Waals surface area contributed by atoms with Crippen LogP contribution in [0, 0.1) is 0 Å². The van der Waals surface area contributed by atoms with Crippen LogP contribution in [0.2, 0.25) is 0 Å². The molecule has 3 heterocycles. The molecule has 8 nitrogen and oxygen atoms in total. The zero-order valence-electron chi connectivity index (χ0n) is 19.4. The van der Waals surface area contributed by atoms with Crippen LogP contribution in [0.4, 0.5) is 5.69 Å². The maximum absolute atomic E-state index is 13.6. The lowest BCUT2D eigenvalue weighted by molar-refractivity contribution is -0.127. The normalized spacial score (nSPS) is 20.3. The van der Waals surface area contributed by atoms with Crippen molar-refractivity contribution in [3.05, 3.63) is 23.8 Å². The average Bonchev–Trinajstić information content (AvgIpc) is 3.27. The molecule has 9 heteroatoms. The van der Waals surface area contributed by atoms with Gasteiger partial charge >= 0.3 is 0 Å². The van der Waals surface area contributed by atoms with Gasteiger partial charge in [0.05, 0.1) is 5.69 Å². The number of carbonyl (C=O) groups is 2. The summed E-state index contributed by atoms with van der Waals surface area (Å²) in [6, 6.07) is 5.10. The first-order chi connectivity index (χ1) is 16.0. The minimum Gasteiger partial charge on any atom is -0.370 e. The Morgan fingerprint density at radius 1 is 0.909 bits per heavy atom.